The van der Waals surface area contributed by atoms with Gasteiger partial charge in [0.05, 0.1) is 0 Å². The molecule has 0 aliphatic carbocycles. The Bertz CT molecular complexity index is 434. The zero-order valence-electron chi connectivity index (χ0n) is 11.3. The predicted molar refractivity (Wildman–Crippen MR) is 83.2 cm³/mol. The molecule has 0 bridgehead atoms. The molecular weight excluding hydrogens is 232 g/mol. The quantitative estimate of drug-likeness (QED) is 0.732. The molecule has 0 nitrogen and oxygen atoms in total. The molecule has 1 heteroatoms. The molecule has 0 aromatic heterocycles. The summed E-state index contributed by atoms with van der Waals surface area (Å²) in [6, 6.07) is 22.9. The fraction of sp³-hybridized carbons (Fsp3) is 0.235. The molecule has 18 heavy (non-hydrogen) atoms. The Morgan fingerprint density at radius 2 is 1.22 bits per heavy atom. The van der Waals surface area contributed by atoms with Gasteiger partial charge in [-0.1, -0.05) is 91.8 Å². The van der Waals surface area contributed by atoms with Gasteiger partial charge >= 0.3 is 0 Å². The second kappa shape index (κ2) is 5.53. The molecule has 0 fully saturated rings. The lowest BCUT2D eigenvalue weighted by Crippen LogP contribution is -2.59. The Hall–Kier alpha value is -1.34. The first-order valence-corrected chi connectivity index (χ1v) is 8.90. The van der Waals surface area contributed by atoms with Crippen LogP contribution in [0.1, 0.15) is 13.8 Å². The molecule has 2 aromatic rings. The van der Waals surface area contributed by atoms with E-state index in [2.05, 4.69) is 81.4 Å². The average molecular weight is 253 g/mol. The van der Waals surface area contributed by atoms with Crippen LogP contribution in [0.15, 0.2) is 60.7 Å². The van der Waals surface area contributed by atoms with E-state index in [0.717, 1.165) is 6.04 Å². The number of hydrogen-bond donors (Lipinski definition) is 0. The molecule has 0 N–H and O–H groups in total. The third-order valence-corrected chi connectivity index (χ3v) is 9.44. The molecule has 2 aromatic carbocycles. The van der Waals surface area contributed by atoms with E-state index in [0.29, 0.717) is 5.54 Å². The Labute approximate surface area is 112 Å². The van der Waals surface area contributed by atoms with Gasteiger partial charge in [0.15, 0.2) is 0 Å². The van der Waals surface area contributed by atoms with Crippen molar-refractivity contribution in [1.29, 1.82) is 0 Å². The van der Waals surface area contributed by atoms with Crippen molar-refractivity contribution in [2.75, 3.05) is 0 Å². The molecule has 0 atom stereocenters. The first-order chi connectivity index (χ1) is 8.71. The van der Waals surface area contributed by atoms with Crippen molar-refractivity contribution in [2.24, 2.45) is 0 Å². The van der Waals surface area contributed by atoms with Crippen molar-refractivity contribution in [1.82, 2.24) is 0 Å². The largest absolute Gasteiger partial charge is 0.120 e. The van der Waals surface area contributed by atoms with Crippen molar-refractivity contribution in [3.8, 4) is 0 Å². The highest BCUT2D eigenvalue weighted by Crippen LogP contribution is 2.24. The second-order valence-corrected chi connectivity index (χ2v) is 9.86. The molecule has 0 saturated heterocycles. The first kappa shape index (κ1) is 13.1. The molecule has 0 heterocycles. The zero-order chi connectivity index (χ0) is 13.0. The molecule has 0 unspecified atom stereocenters. The van der Waals surface area contributed by atoms with E-state index < -0.39 is 8.07 Å². The fourth-order valence-electron chi connectivity index (χ4n) is 2.88. The number of benzene rings is 2. The molecule has 0 amide bonds. The minimum atomic E-state index is -1.71. The predicted octanol–water partition coefficient (Wildman–Crippen LogP) is 3.49. The van der Waals surface area contributed by atoms with E-state index in [1.54, 1.807) is 0 Å². The van der Waals surface area contributed by atoms with Crippen LogP contribution in [0.25, 0.3) is 0 Å². The SMILES string of the molecule is [CH2]C[Si](c1ccccc1)(c1ccccc1)C(C)C. The monoisotopic (exact) mass is 253 g/mol. The molecule has 0 spiro atoms. The zero-order valence-corrected chi connectivity index (χ0v) is 12.3. The van der Waals surface area contributed by atoms with E-state index in [9.17, 15) is 0 Å². The summed E-state index contributed by atoms with van der Waals surface area (Å²) in [5, 5.41) is 3.00. The smallest absolute Gasteiger partial charge is 0.0646 e. The third kappa shape index (κ3) is 2.15. The summed E-state index contributed by atoms with van der Waals surface area (Å²) in [5.41, 5.74) is 0.653. The molecule has 93 valence electrons. The average Bonchev–Trinajstić information content (AvgIpc) is 2.42. The summed E-state index contributed by atoms with van der Waals surface area (Å²) < 4.78 is 0. The summed E-state index contributed by atoms with van der Waals surface area (Å²) in [6.07, 6.45) is 0. The fourth-order valence-corrected chi connectivity index (χ4v) is 7.28. The van der Waals surface area contributed by atoms with Crippen LogP contribution in [-0.4, -0.2) is 8.07 Å². The summed E-state index contributed by atoms with van der Waals surface area (Å²) in [7, 11) is -1.71. The van der Waals surface area contributed by atoms with Crippen LogP contribution in [-0.2, 0) is 0 Å². The van der Waals surface area contributed by atoms with Gasteiger partial charge in [0.25, 0.3) is 0 Å². The molecule has 2 rings (SSSR count). The highest BCUT2D eigenvalue weighted by atomic mass is 28.3. The van der Waals surface area contributed by atoms with Crippen LogP contribution in [0, 0.1) is 6.92 Å². The number of hydrogen-bond acceptors (Lipinski definition) is 0. The van der Waals surface area contributed by atoms with E-state index in [4.69, 9.17) is 0 Å². The van der Waals surface area contributed by atoms with Gasteiger partial charge in [-0.05, 0) is 11.6 Å². The minimum Gasteiger partial charge on any atom is -0.0646 e. The van der Waals surface area contributed by atoms with E-state index in [1.165, 1.54) is 10.4 Å². The lowest BCUT2D eigenvalue weighted by Gasteiger charge is -2.35. The molecule has 0 saturated carbocycles. The standard InChI is InChI=1S/C17H21Si/c1-4-18(15(2)3,16-11-7-5-8-12-16)17-13-9-6-10-14-17/h5-15H,1,4H2,2-3H3. The van der Waals surface area contributed by atoms with Crippen LogP contribution < -0.4 is 10.4 Å². The Balaban J connectivity index is 2.61. The van der Waals surface area contributed by atoms with Gasteiger partial charge in [0.2, 0.25) is 0 Å². The topological polar surface area (TPSA) is 0 Å². The highest BCUT2D eigenvalue weighted by molar-refractivity contribution is 7.03. The first-order valence-electron chi connectivity index (χ1n) is 6.62. The van der Waals surface area contributed by atoms with Crippen molar-refractivity contribution >= 4 is 18.4 Å². The minimum absolute atomic E-state index is 0.653. The molecule has 1 radical (unpaired) electrons. The lowest BCUT2D eigenvalue weighted by molar-refractivity contribution is 1.02. The molecular formula is C17H21Si. The van der Waals surface area contributed by atoms with Crippen LogP contribution in [0.4, 0.5) is 0 Å². The lowest BCUT2D eigenvalue weighted by atomic mass is 10.4. The van der Waals surface area contributed by atoms with Crippen LogP contribution in [0.3, 0.4) is 0 Å². The summed E-state index contributed by atoms with van der Waals surface area (Å²) in [6.45, 7) is 8.98. The van der Waals surface area contributed by atoms with Crippen LogP contribution in [0.5, 0.6) is 0 Å². The van der Waals surface area contributed by atoms with Crippen molar-refractivity contribution < 1.29 is 0 Å². The van der Waals surface area contributed by atoms with Gasteiger partial charge in [0.1, 0.15) is 8.07 Å². The maximum absolute atomic E-state index is 4.29. The highest BCUT2D eigenvalue weighted by Gasteiger charge is 2.38. The van der Waals surface area contributed by atoms with Gasteiger partial charge in [-0.15, -0.1) is 0 Å². The molecule has 0 aliphatic rings. The van der Waals surface area contributed by atoms with E-state index >= 15 is 0 Å². The second-order valence-electron chi connectivity index (χ2n) is 5.11. The van der Waals surface area contributed by atoms with Crippen molar-refractivity contribution in [3.05, 3.63) is 67.6 Å². The Kier molecular flexibility index (Phi) is 4.03. The van der Waals surface area contributed by atoms with Crippen LogP contribution in [0.2, 0.25) is 11.6 Å². The van der Waals surface area contributed by atoms with Gasteiger partial charge in [-0.2, -0.15) is 0 Å². The summed E-state index contributed by atoms with van der Waals surface area (Å²) in [4.78, 5) is 0. The summed E-state index contributed by atoms with van der Waals surface area (Å²) >= 11 is 0. The van der Waals surface area contributed by atoms with Crippen molar-refractivity contribution in [3.63, 3.8) is 0 Å². The van der Waals surface area contributed by atoms with Gasteiger partial charge in [-0.25, -0.2) is 0 Å². The van der Waals surface area contributed by atoms with Gasteiger partial charge in [-0.3, -0.25) is 0 Å². The Morgan fingerprint density at radius 1 is 0.833 bits per heavy atom. The number of rotatable bonds is 4. The summed E-state index contributed by atoms with van der Waals surface area (Å²) in [5.74, 6) is 0. The maximum Gasteiger partial charge on any atom is 0.120 e. The van der Waals surface area contributed by atoms with Gasteiger partial charge < -0.3 is 0 Å². The third-order valence-electron chi connectivity index (χ3n) is 3.96. The van der Waals surface area contributed by atoms with Crippen LogP contribution >= 0.6 is 0 Å². The normalized spacial score (nSPS) is 11.8. The van der Waals surface area contributed by atoms with E-state index in [-0.39, 0.29) is 0 Å². The Morgan fingerprint density at radius 3 is 1.50 bits per heavy atom. The van der Waals surface area contributed by atoms with Gasteiger partial charge in [0, 0.05) is 0 Å². The van der Waals surface area contributed by atoms with Crippen molar-refractivity contribution in [2.45, 2.75) is 25.4 Å². The maximum atomic E-state index is 4.29. The van der Waals surface area contributed by atoms with E-state index in [1.807, 2.05) is 0 Å². The molecule has 0 aliphatic heterocycles.